The maximum atomic E-state index is 12.3. The van der Waals surface area contributed by atoms with Crippen LogP contribution >= 0.6 is 0 Å². The van der Waals surface area contributed by atoms with Crippen LogP contribution in [0.4, 0.5) is 0 Å². The highest BCUT2D eigenvalue weighted by Gasteiger charge is 2.62. The fourth-order valence-electron chi connectivity index (χ4n) is 7.41. The molecular weight excluding hydrogens is 392 g/mol. The third-order valence-electron chi connectivity index (χ3n) is 9.69. The van der Waals surface area contributed by atoms with Crippen molar-refractivity contribution in [3.8, 4) is 0 Å². The van der Waals surface area contributed by atoms with E-state index in [0.29, 0.717) is 0 Å². The summed E-state index contributed by atoms with van der Waals surface area (Å²) in [6.07, 6.45) is 3.31. The van der Waals surface area contributed by atoms with E-state index < -0.39 is 17.4 Å². The van der Waals surface area contributed by atoms with E-state index in [0.717, 1.165) is 25.7 Å². The maximum Gasteiger partial charge on any atom is 0.303 e. The van der Waals surface area contributed by atoms with Crippen molar-refractivity contribution in [3.63, 3.8) is 0 Å². The van der Waals surface area contributed by atoms with Crippen LogP contribution in [0.15, 0.2) is 0 Å². The van der Waals surface area contributed by atoms with Gasteiger partial charge in [-0.1, -0.05) is 0 Å². The van der Waals surface area contributed by atoms with Gasteiger partial charge in [0.25, 0.3) is 0 Å². The first kappa shape index (κ1) is 26.1. The Kier molecular flexibility index (Phi) is 6.75. The minimum atomic E-state index is -0.896. The normalized spacial score (nSPS) is 30.6. The lowest BCUT2D eigenvalue weighted by molar-refractivity contribution is -0.181. The number of carboxylic acid groups (broad SMARTS) is 2. The quantitative estimate of drug-likeness (QED) is 0.624. The first-order valence-electron chi connectivity index (χ1n) is 11.7. The van der Waals surface area contributed by atoms with Crippen molar-refractivity contribution in [2.75, 3.05) is 14.1 Å². The van der Waals surface area contributed by atoms with Crippen LogP contribution < -0.4 is 0 Å². The lowest BCUT2D eigenvalue weighted by Gasteiger charge is -2.66. The largest absolute Gasteiger partial charge is 0.481 e. The second kappa shape index (κ2) is 8.02. The van der Waals surface area contributed by atoms with Crippen molar-refractivity contribution < 1.29 is 19.8 Å². The van der Waals surface area contributed by atoms with Gasteiger partial charge in [-0.2, -0.15) is 0 Å². The number of aliphatic carboxylic acids is 2. The van der Waals surface area contributed by atoms with Gasteiger partial charge in [0.15, 0.2) is 0 Å². The number of likely N-dealkylation sites (tertiary alicyclic amines) is 2. The van der Waals surface area contributed by atoms with Crippen molar-refractivity contribution in [2.24, 2.45) is 17.3 Å². The Morgan fingerprint density at radius 2 is 1.03 bits per heavy atom. The van der Waals surface area contributed by atoms with Crippen LogP contribution in [-0.2, 0) is 9.59 Å². The van der Waals surface area contributed by atoms with Crippen molar-refractivity contribution >= 4 is 11.9 Å². The van der Waals surface area contributed by atoms with E-state index in [-0.39, 0.29) is 46.8 Å². The van der Waals surface area contributed by atoms with Gasteiger partial charge in [0, 0.05) is 27.6 Å². The van der Waals surface area contributed by atoms with Crippen LogP contribution in [-0.4, -0.2) is 68.2 Å². The Balaban J connectivity index is 2.73. The highest BCUT2D eigenvalue weighted by molar-refractivity contribution is 5.72. The zero-order chi connectivity index (χ0) is 24.2. The molecule has 0 amide bonds. The third kappa shape index (κ3) is 4.39. The first-order chi connectivity index (χ1) is 13.8. The van der Waals surface area contributed by atoms with Crippen LogP contribution in [0.5, 0.6) is 0 Å². The molecule has 180 valence electrons. The fourth-order valence-corrected chi connectivity index (χ4v) is 7.41. The highest BCUT2D eigenvalue weighted by atomic mass is 16.4. The van der Waals surface area contributed by atoms with Gasteiger partial charge in [0.1, 0.15) is 0 Å². The predicted molar refractivity (Wildman–Crippen MR) is 124 cm³/mol. The Hall–Kier alpha value is -1.14. The maximum absolute atomic E-state index is 12.3. The van der Waals surface area contributed by atoms with E-state index in [4.69, 9.17) is 0 Å². The Bertz CT molecular complexity index is 650. The molecule has 2 aliphatic rings. The average Bonchev–Trinajstić information content (AvgIpc) is 2.56. The standard InChI is InChI=1S/C25H46N2O4/c1-21(2)13-11-17(23(5,6)26(21)9)25(15-19(28)29,16-20(30)31)18-12-14-22(3,4)27(10)24(18,7)8/h17-18H,11-16H2,1-10H3,(H,28,29)(H,30,31). The summed E-state index contributed by atoms with van der Waals surface area (Å²) in [5, 5.41) is 20.2. The fraction of sp³-hybridized carbons (Fsp3) is 0.920. The van der Waals surface area contributed by atoms with E-state index in [1.807, 2.05) is 0 Å². The molecule has 2 atom stereocenters. The molecule has 2 N–H and O–H groups in total. The molecule has 0 aromatic heterocycles. The summed E-state index contributed by atoms with van der Waals surface area (Å²) in [5.41, 5.74) is -1.51. The summed E-state index contributed by atoms with van der Waals surface area (Å²) in [6, 6.07) is 0. The van der Waals surface area contributed by atoms with E-state index in [9.17, 15) is 19.8 Å². The smallest absolute Gasteiger partial charge is 0.303 e. The second-order valence-electron chi connectivity index (χ2n) is 12.6. The molecule has 0 saturated carbocycles. The number of rotatable bonds is 6. The summed E-state index contributed by atoms with van der Waals surface area (Å²) in [4.78, 5) is 29.3. The van der Waals surface area contributed by atoms with Gasteiger partial charge in [-0.3, -0.25) is 19.4 Å². The van der Waals surface area contributed by atoms with Gasteiger partial charge in [0.2, 0.25) is 0 Å². The van der Waals surface area contributed by atoms with Crippen LogP contribution in [0, 0.1) is 17.3 Å². The van der Waals surface area contributed by atoms with Crippen LogP contribution in [0.25, 0.3) is 0 Å². The molecule has 0 spiro atoms. The van der Waals surface area contributed by atoms with Crippen molar-refractivity contribution in [2.45, 2.75) is 116 Å². The van der Waals surface area contributed by atoms with Gasteiger partial charge >= 0.3 is 11.9 Å². The Labute approximate surface area is 189 Å². The van der Waals surface area contributed by atoms with Gasteiger partial charge in [-0.15, -0.1) is 0 Å². The van der Waals surface area contributed by atoms with E-state index in [1.54, 1.807) is 0 Å². The van der Waals surface area contributed by atoms with Crippen molar-refractivity contribution in [1.29, 1.82) is 0 Å². The molecule has 2 heterocycles. The monoisotopic (exact) mass is 438 g/mol. The molecule has 0 bridgehead atoms. The van der Waals surface area contributed by atoms with E-state index in [1.165, 1.54) is 0 Å². The number of piperidine rings is 2. The summed E-state index contributed by atoms with van der Waals surface area (Å²) in [7, 11) is 4.22. The molecule has 2 unspecified atom stereocenters. The molecule has 6 nitrogen and oxygen atoms in total. The van der Waals surface area contributed by atoms with Gasteiger partial charge in [-0.05, 0) is 107 Å². The average molecular weight is 439 g/mol. The van der Waals surface area contributed by atoms with Gasteiger partial charge in [0.05, 0.1) is 12.8 Å². The SMILES string of the molecule is CN1C(C)(C)CCC(C(CC(=O)O)(CC(=O)O)C2CCC(C)(C)N(C)C2(C)C)C1(C)C. The predicted octanol–water partition coefficient (Wildman–Crippen LogP) is 4.72. The topological polar surface area (TPSA) is 81.1 Å². The molecule has 31 heavy (non-hydrogen) atoms. The lowest BCUT2D eigenvalue weighted by Crippen LogP contribution is -2.70. The third-order valence-corrected chi connectivity index (χ3v) is 9.69. The minimum absolute atomic E-state index is 0.0148. The summed E-state index contributed by atoms with van der Waals surface area (Å²) in [6.45, 7) is 17.6. The molecule has 0 aliphatic carbocycles. The van der Waals surface area contributed by atoms with Crippen LogP contribution in [0.3, 0.4) is 0 Å². The summed E-state index contributed by atoms with van der Waals surface area (Å²) >= 11 is 0. The van der Waals surface area contributed by atoms with Gasteiger partial charge in [-0.25, -0.2) is 0 Å². The zero-order valence-corrected chi connectivity index (χ0v) is 21.5. The van der Waals surface area contributed by atoms with Crippen LogP contribution in [0.1, 0.15) is 93.9 Å². The molecule has 2 saturated heterocycles. The van der Waals surface area contributed by atoms with Gasteiger partial charge < -0.3 is 10.2 Å². The summed E-state index contributed by atoms with van der Waals surface area (Å²) in [5.74, 6) is -1.87. The summed E-state index contributed by atoms with van der Waals surface area (Å²) < 4.78 is 0. The minimum Gasteiger partial charge on any atom is -0.481 e. The first-order valence-corrected chi connectivity index (χ1v) is 11.7. The van der Waals surface area contributed by atoms with Crippen molar-refractivity contribution in [3.05, 3.63) is 0 Å². The highest BCUT2D eigenvalue weighted by Crippen LogP contribution is 2.60. The molecule has 0 radical (unpaired) electrons. The molecule has 0 aromatic carbocycles. The molecular formula is C25H46N2O4. The second-order valence-corrected chi connectivity index (χ2v) is 12.6. The number of nitrogens with zero attached hydrogens (tertiary/aromatic N) is 2. The number of carbonyl (C=O) groups is 2. The lowest BCUT2D eigenvalue weighted by atomic mass is 9.48. The number of hydrogen-bond acceptors (Lipinski definition) is 4. The molecule has 2 fully saturated rings. The van der Waals surface area contributed by atoms with E-state index in [2.05, 4.69) is 79.3 Å². The molecule has 2 aliphatic heterocycles. The molecule has 0 aromatic rings. The van der Waals surface area contributed by atoms with Crippen LogP contribution in [0.2, 0.25) is 0 Å². The van der Waals surface area contributed by atoms with E-state index >= 15 is 0 Å². The zero-order valence-electron chi connectivity index (χ0n) is 21.5. The Morgan fingerprint density at radius 3 is 1.29 bits per heavy atom. The Morgan fingerprint density at radius 1 is 0.742 bits per heavy atom. The van der Waals surface area contributed by atoms with Crippen molar-refractivity contribution in [1.82, 2.24) is 9.80 Å². The number of carboxylic acids is 2. The molecule has 6 heteroatoms. The number of hydrogen-bond donors (Lipinski definition) is 2. The molecule has 2 rings (SSSR count).